The number of anilines is 1. The van der Waals surface area contributed by atoms with Crippen molar-refractivity contribution in [1.82, 2.24) is 19.7 Å². The number of carbonyl (C=O) groups excluding carboxylic acids is 2. The summed E-state index contributed by atoms with van der Waals surface area (Å²) in [6.45, 7) is 0.0220. The average molecular weight is 447 g/mol. The molecule has 2 heterocycles. The Labute approximate surface area is 179 Å². The number of hydrogen-bond acceptors (Lipinski definition) is 4. The zero-order chi connectivity index (χ0) is 22.9. The first-order chi connectivity index (χ1) is 15.2. The van der Waals surface area contributed by atoms with E-state index in [1.54, 1.807) is 0 Å². The maximum absolute atomic E-state index is 14.3. The average Bonchev–Trinajstić information content (AvgIpc) is 3.38. The maximum Gasteiger partial charge on any atom is 0.416 e. The first-order valence-electron chi connectivity index (χ1n) is 9.60. The van der Waals surface area contributed by atoms with Crippen LogP contribution in [0.4, 0.5) is 23.2 Å². The SMILES string of the molecule is O=C(Nc1ccc(-n2cncn2)c(F)c1)C1CC(=O)N(Cc2cccc(C(F)(F)F)c2)C1. The molecular weight excluding hydrogens is 430 g/mol. The fourth-order valence-electron chi connectivity index (χ4n) is 3.51. The summed E-state index contributed by atoms with van der Waals surface area (Å²) in [5, 5.41) is 6.42. The molecule has 166 valence electrons. The van der Waals surface area contributed by atoms with E-state index < -0.39 is 29.4 Å². The van der Waals surface area contributed by atoms with Crippen molar-refractivity contribution in [1.29, 1.82) is 0 Å². The molecule has 1 fully saturated rings. The first kappa shape index (κ1) is 21.5. The predicted octanol–water partition coefficient (Wildman–Crippen LogP) is 3.41. The van der Waals surface area contributed by atoms with Crippen LogP contribution in [-0.2, 0) is 22.3 Å². The van der Waals surface area contributed by atoms with Crippen LogP contribution in [0.5, 0.6) is 0 Å². The second-order valence-electron chi connectivity index (χ2n) is 7.37. The lowest BCUT2D eigenvalue weighted by molar-refractivity contribution is -0.137. The van der Waals surface area contributed by atoms with Crippen molar-refractivity contribution in [3.05, 3.63) is 72.1 Å². The van der Waals surface area contributed by atoms with Crippen LogP contribution in [0.2, 0.25) is 0 Å². The number of aromatic nitrogens is 3. The summed E-state index contributed by atoms with van der Waals surface area (Å²) >= 11 is 0. The summed E-state index contributed by atoms with van der Waals surface area (Å²) in [4.78, 5) is 30.0. The van der Waals surface area contributed by atoms with Gasteiger partial charge < -0.3 is 10.2 Å². The van der Waals surface area contributed by atoms with E-state index in [2.05, 4.69) is 15.4 Å². The Morgan fingerprint density at radius 1 is 1.19 bits per heavy atom. The van der Waals surface area contributed by atoms with Gasteiger partial charge in [-0.05, 0) is 35.9 Å². The van der Waals surface area contributed by atoms with Crippen molar-refractivity contribution in [2.24, 2.45) is 5.92 Å². The summed E-state index contributed by atoms with van der Waals surface area (Å²) in [6, 6.07) is 8.77. The summed E-state index contributed by atoms with van der Waals surface area (Å²) in [7, 11) is 0. The molecular formula is C21H17F4N5O2. The third-order valence-electron chi connectivity index (χ3n) is 5.09. The number of halogens is 4. The summed E-state index contributed by atoms with van der Waals surface area (Å²) in [5.74, 6) is -2.14. The van der Waals surface area contributed by atoms with Gasteiger partial charge in [-0.3, -0.25) is 9.59 Å². The molecule has 1 aliphatic rings. The van der Waals surface area contributed by atoms with Crippen LogP contribution in [0.15, 0.2) is 55.1 Å². The first-order valence-corrected chi connectivity index (χ1v) is 9.60. The molecule has 1 aromatic heterocycles. The molecule has 1 saturated heterocycles. The van der Waals surface area contributed by atoms with E-state index in [0.717, 1.165) is 18.2 Å². The molecule has 1 N–H and O–H groups in total. The van der Waals surface area contributed by atoms with Crippen molar-refractivity contribution < 1.29 is 27.2 Å². The van der Waals surface area contributed by atoms with Gasteiger partial charge in [0.2, 0.25) is 11.8 Å². The smallest absolute Gasteiger partial charge is 0.338 e. The Morgan fingerprint density at radius 3 is 2.69 bits per heavy atom. The standard InChI is InChI=1S/C21H17F4N5O2/c22-17-8-16(4-5-18(17)30-12-26-11-27-30)28-20(32)14-7-19(31)29(10-14)9-13-2-1-3-15(6-13)21(23,24)25/h1-6,8,11-12,14H,7,9-10H2,(H,28,32). The van der Waals surface area contributed by atoms with Crippen LogP contribution in [-0.4, -0.2) is 38.0 Å². The highest BCUT2D eigenvalue weighted by Gasteiger charge is 2.35. The lowest BCUT2D eigenvalue weighted by Crippen LogP contribution is -2.28. The van der Waals surface area contributed by atoms with Crippen molar-refractivity contribution >= 4 is 17.5 Å². The molecule has 1 atom stereocenters. The Bertz CT molecular complexity index is 1150. The molecule has 0 saturated carbocycles. The molecule has 1 unspecified atom stereocenters. The summed E-state index contributed by atoms with van der Waals surface area (Å²) in [6.07, 6.45) is -1.96. The molecule has 1 aliphatic heterocycles. The van der Waals surface area contributed by atoms with Crippen LogP contribution in [0.25, 0.3) is 5.69 Å². The molecule has 0 radical (unpaired) electrons. The van der Waals surface area contributed by atoms with Crippen LogP contribution < -0.4 is 5.32 Å². The third-order valence-corrected chi connectivity index (χ3v) is 5.09. The third kappa shape index (κ3) is 4.61. The van der Waals surface area contributed by atoms with Gasteiger partial charge in [-0.25, -0.2) is 14.1 Å². The highest BCUT2D eigenvalue weighted by atomic mass is 19.4. The van der Waals surface area contributed by atoms with E-state index in [0.29, 0.717) is 5.56 Å². The van der Waals surface area contributed by atoms with Gasteiger partial charge in [-0.15, -0.1) is 0 Å². The molecule has 11 heteroatoms. The Balaban J connectivity index is 1.40. The number of benzene rings is 2. The van der Waals surface area contributed by atoms with Gasteiger partial charge in [0.1, 0.15) is 18.3 Å². The fourth-order valence-corrected chi connectivity index (χ4v) is 3.51. The highest BCUT2D eigenvalue weighted by molar-refractivity contribution is 5.97. The molecule has 0 spiro atoms. The maximum atomic E-state index is 14.3. The normalized spacial score (nSPS) is 16.4. The van der Waals surface area contributed by atoms with Crippen molar-refractivity contribution in [3.63, 3.8) is 0 Å². The van der Waals surface area contributed by atoms with Gasteiger partial charge in [-0.2, -0.15) is 18.3 Å². The van der Waals surface area contributed by atoms with Gasteiger partial charge >= 0.3 is 6.18 Å². The fraction of sp³-hybridized carbons (Fsp3) is 0.238. The van der Waals surface area contributed by atoms with Gasteiger partial charge in [-0.1, -0.05) is 12.1 Å². The van der Waals surface area contributed by atoms with E-state index in [9.17, 15) is 27.2 Å². The number of alkyl halides is 3. The summed E-state index contributed by atoms with van der Waals surface area (Å²) < 4.78 is 54.3. The molecule has 2 amide bonds. The Morgan fingerprint density at radius 2 is 2.00 bits per heavy atom. The van der Waals surface area contributed by atoms with Crippen LogP contribution in [0.1, 0.15) is 17.5 Å². The number of likely N-dealkylation sites (tertiary alicyclic amines) is 1. The predicted molar refractivity (Wildman–Crippen MR) is 105 cm³/mol. The van der Waals surface area contributed by atoms with Crippen molar-refractivity contribution in [3.8, 4) is 5.69 Å². The highest BCUT2D eigenvalue weighted by Crippen LogP contribution is 2.30. The second-order valence-corrected chi connectivity index (χ2v) is 7.37. The lowest BCUT2D eigenvalue weighted by Gasteiger charge is -2.18. The largest absolute Gasteiger partial charge is 0.416 e. The Kier molecular flexibility index (Phi) is 5.64. The number of nitrogens with one attached hydrogen (secondary N) is 1. The van der Waals surface area contributed by atoms with E-state index >= 15 is 0 Å². The zero-order valence-electron chi connectivity index (χ0n) is 16.5. The minimum Gasteiger partial charge on any atom is -0.338 e. The quantitative estimate of drug-likeness (QED) is 0.608. The number of nitrogens with zero attached hydrogens (tertiary/aromatic N) is 4. The molecule has 0 bridgehead atoms. The van der Waals surface area contributed by atoms with Crippen LogP contribution in [0.3, 0.4) is 0 Å². The molecule has 3 aromatic rings. The molecule has 4 rings (SSSR count). The monoisotopic (exact) mass is 447 g/mol. The van der Waals surface area contributed by atoms with Crippen molar-refractivity contribution in [2.45, 2.75) is 19.1 Å². The molecule has 32 heavy (non-hydrogen) atoms. The van der Waals surface area contributed by atoms with E-state index in [4.69, 9.17) is 0 Å². The zero-order valence-corrected chi connectivity index (χ0v) is 16.5. The van der Waals surface area contributed by atoms with Gasteiger partial charge in [0, 0.05) is 25.2 Å². The molecule has 2 aromatic carbocycles. The minimum atomic E-state index is -4.48. The van der Waals surface area contributed by atoms with Crippen molar-refractivity contribution in [2.75, 3.05) is 11.9 Å². The minimum absolute atomic E-state index is 0.0340. The number of rotatable bonds is 5. The van der Waals surface area contributed by atoms with Gasteiger partial charge in [0.05, 0.1) is 11.5 Å². The lowest BCUT2D eigenvalue weighted by atomic mass is 10.1. The van der Waals surface area contributed by atoms with Gasteiger partial charge in [0.25, 0.3) is 0 Å². The van der Waals surface area contributed by atoms with Gasteiger partial charge in [0.15, 0.2) is 5.82 Å². The van der Waals surface area contributed by atoms with Crippen LogP contribution >= 0.6 is 0 Å². The molecule has 7 nitrogen and oxygen atoms in total. The Hall–Kier alpha value is -3.76. The number of amides is 2. The molecule has 0 aliphatic carbocycles. The number of hydrogen-bond donors (Lipinski definition) is 1. The summed E-state index contributed by atoms with van der Waals surface area (Å²) in [5.41, 5.74) is -0.115. The van der Waals surface area contributed by atoms with Crippen LogP contribution in [0, 0.1) is 11.7 Å². The second kappa shape index (κ2) is 8.40. The topological polar surface area (TPSA) is 80.1 Å². The van der Waals surface area contributed by atoms with E-state index in [1.165, 1.54) is 46.5 Å². The number of carbonyl (C=O) groups is 2. The van der Waals surface area contributed by atoms with E-state index in [-0.39, 0.29) is 36.8 Å². The van der Waals surface area contributed by atoms with E-state index in [1.807, 2.05) is 0 Å².